The highest BCUT2D eigenvalue weighted by Gasteiger charge is 2.92. The van der Waals surface area contributed by atoms with Gasteiger partial charge < -0.3 is 41.0 Å². The molecule has 0 aromatic heterocycles. The minimum Gasteiger partial charge on any atom is -0.393 e. The van der Waals surface area contributed by atoms with Gasteiger partial charge in [0.25, 0.3) is 0 Å². The first-order chi connectivity index (χ1) is 9.39. The summed E-state index contributed by atoms with van der Waals surface area (Å²) >= 11 is 0. The SMILES string of the molecule is NC1=N[C@H]2O[C@@H]3[C@@]4(O)O[C@H]5[C@@H](O)[C@]3(N1)[C@@H]2[C@@H]4[C@@]5(O)CO. The Bertz CT molecular complexity index is 558. The van der Waals surface area contributed by atoms with Gasteiger partial charge in [0, 0.05) is 5.92 Å². The van der Waals surface area contributed by atoms with E-state index >= 15 is 0 Å². The van der Waals surface area contributed by atoms with Crippen LogP contribution >= 0.6 is 0 Å². The van der Waals surface area contributed by atoms with Gasteiger partial charge in [-0.15, -0.1) is 0 Å². The number of ether oxygens (including phenoxy) is 2. The van der Waals surface area contributed by atoms with Crippen LogP contribution in [0.4, 0.5) is 0 Å². The molecule has 0 radical (unpaired) electrons. The lowest BCUT2D eigenvalue weighted by Gasteiger charge is -2.51. The van der Waals surface area contributed by atoms with Crippen molar-refractivity contribution < 1.29 is 29.9 Å². The number of aliphatic hydroxyl groups is 4. The Hall–Kier alpha value is -0.970. The third-order valence-corrected chi connectivity index (χ3v) is 5.74. The van der Waals surface area contributed by atoms with Crippen LogP contribution in [0.25, 0.3) is 0 Å². The molecule has 0 aromatic carbocycles. The summed E-state index contributed by atoms with van der Waals surface area (Å²) in [7, 11) is 0. The molecule has 0 unspecified atom stereocenters. The lowest BCUT2D eigenvalue weighted by Crippen LogP contribution is -2.77. The highest BCUT2D eigenvalue weighted by atomic mass is 16.7. The van der Waals surface area contributed by atoms with Gasteiger partial charge in [-0.05, 0) is 0 Å². The molecule has 2 aliphatic carbocycles. The average Bonchev–Trinajstić information content (AvgIpc) is 2.81. The maximum atomic E-state index is 10.8. The van der Waals surface area contributed by atoms with Crippen LogP contribution in [0.5, 0.6) is 0 Å². The van der Waals surface area contributed by atoms with Crippen molar-refractivity contribution in [3.8, 4) is 0 Å². The fourth-order valence-electron chi connectivity index (χ4n) is 5.19. The average molecular weight is 285 g/mol. The van der Waals surface area contributed by atoms with Gasteiger partial charge in [-0.25, -0.2) is 4.99 Å². The Kier molecular flexibility index (Phi) is 1.65. The van der Waals surface area contributed by atoms with Gasteiger partial charge in [0.15, 0.2) is 12.2 Å². The summed E-state index contributed by atoms with van der Waals surface area (Å²) in [6, 6.07) is 0. The first-order valence-corrected chi connectivity index (χ1v) is 6.58. The maximum Gasteiger partial charge on any atom is 0.201 e. The van der Waals surface area contributed by atoms with Crippen molar-refractivity contribution in [1.29, 1.82) is 0 Å². The summed E-state index contributed by atoms with van der Waals surface area (Å²) in [5.41, 5.74) is 2.97. The van der Waals surface area contributed by atoms with E-state index in [9.17, 15) is 20.4 Å². The van der Waals surface area contributed by atoms with E-state index in [1.807, 2.05) is 0 Å². The fraction of sp³-hybridized carbons (Fsp3) is 0.909. The molecule has 9 atom stereocenters. The van der Waals surface area contributed by atoms with E-state index in [0.29, 0.717) is 0 Å². The third-order valence-electron chi connectivity index (χ3n) is 5.74. The van der Waals surface area contributed by atoms with E-state index in [2.05, 4.69) is 10.3 Å². The Balaban J connectivity index is 1.78. The topological polar surface area (TPSA) is 150 Å². The molecule has 1 spiro atoms. The van der Waals surface area contributed by atoms with Crippen molar-refractivity contribution in [3.63, 3.8) is 0 Å². The quantitative estimate of drug-likeness (QED) is 0.284. The first kappa shape index (κ1) is 11.7. The highest BCUT2D eigenvalue weighted by molar-refractivity contribution is 5.81. The fourth-order valence-corrected chi connectivity index (χ4v) is 5.19. The predicted molar refractivity (Wildman–Crippen MR) is 61.0 cm³/mol. The molecule has 4 heterocycles. The second-order valence-electron chi connectivity index (χ2n) is 6.37. The summed E-state index contributed by atoms with van der Waals surface area (Å²) in [5.74, 6) is -2.93. The van der Waals surface area contributed by atoms with Crippen molar-refractivity contribution in [2.45, 2.75) is 41.5 Å². The highest BCUT2D eigenvalue weighted by Crippen LogP contribution is 2.71. The molecule has 3 saturated heterocycles. The summed E-state index contributed by atoms with van der Waals surface area (Å²) < 4.78 is 11.1. The zero-order chi connectivity index (χ0) is 14.1. The maximum absolute atomic E-state index is 10.8. The van der Waals surface area contributed by atoms with Crippen LogP contribution in [0.3, 0.4) is 0 Å². The third kappa shape index (κ3) is 0.798. The van der Waals surface area contributed by atoms with Crippen LogP contribution in [-0.4, -0.2) is 74.5 Å². The van der Waals surface area contributed by atoms with Gasteiger partial charge in [0.2, 0.25) is 5.79 Å². The molecule has 0 aromatic rings. The van der Waals surface area contributed by atoms with Crippen molar-refractivity contribution in [3.05, 3.63) is 0 Å². The van der Waals surface area contributed by atoms with Gasteiger partial charge in [-0.2, -0.15) is 0 Å². The Labute approximate surface area is 113 Å². The molecule has 20 heavy (non-hydrogen) atoms. The van der Waals surface area contributed by atoms with Crippen LogP contribution in [0, 0.1) is 11.8 Å². The molecule has 6 rings (SSSR count). The van der Waals surface area contributed by atoms with Crippen LogP contribution in [-0.2, 0) is 9.47 Å². The Morgan fingerprint density at radius 1 is 1.40 bits per heavy atom. The minimum absolute atomic E-state index is 0.130. The Morgan fingerprint density at radius 2 is 2.15 bits per heavy atom. The number of hydrogen-bond donors (Lipinski definition) is 6. The van der Waals surface area contributed by atoms with Gasteiger partial charge in [0.1, 0.15) is 29.5 Å². The number of aliphatic imine (C=N–C) groups is 1. The van der Waals surface area contributed by atoms with E-state index < -0.39 is 59.9 Å². The molecule has 2 saturated carbocycles. The van der Waals surface area contributed by atoms with Crippen LogP contribution in [0.15, 0.2) is 4.99 Å². The molecule has 5 fully saturated rings. The van der Waals surface area contributed by atoms with Gasteiger partial charge in [0.05, 0.1) is 12.5 Å². The van der Waals surface area contributed by atoms with E-state index in [-0.39, 0.29) is 5.96 Å². The lowest BCUT2D eigenvalue weighted by molar-refractivity contribution is -0.308. The molecule has 110 valence electrons. The number of aliphatic hydroxyl groups excluding tert-OH is 2. The second-order valence-corrected chi connectivity index (χ2v) is 6.37. The summed E-state index contributed by atoms with van der Waals surface area (Å²) in [4.78, 5) is 4.11. The molecule has 6 aliphatic rings. The van der Waals surface area contributed by atoms with Crippen LogP contribution in [0.2, 0.25) is 0 Å². The van der Waals surface area contributed by atoms with E-state index in [4.69, 9.17) is 15.2 Å². The molecule has 9 nitrogen and oxygen atoms in total. The zero-order valence-corrected chi connectivity index (χ0v) is 10.3. The number of guanidine groups is 1. The summed E-state index contributed by atoms with van der Waals surface area (Å²) in [6.07, 6.45) is -3.84. The van der Waals surface area contributed by atoms with E-state index in [0.717, 1.165) is 0 Å². The first-order valence-electron chi connectivity index (χ1n) is 6.58. The molecular weight excluding hydrogens is 270 g/mol. The van der Waals surface area contributed by atoms with E-state index in [1.54, 1.807) is 0 Å². The monoisotopic (exact) mass is 285 g/mol. The molecule has 7 N–H and O–H groups in total. The molecular formula is C11H15N3O6. The molecule has 9 heteroatoms. The summed E-state index contributed by atoms with van der Waals surface area (Å²) in [5, 5.41) is 44.6. The lowest BCUT2D eigenvalue weighted by atomic mass is 9.63. The van der Waals surface area contributed by atoms with Gasteiger partial charge >= 0.3 is 0 Å². The summed E-state index contributed by atoms with van der Waals surface area (Å²) in [6.45, 7) is -0.618. The molecule has 0 amide bonds. The number of rotatable bonds is 1. The molecule has 7 bridgehead atoms. The largest absolute Gasteiger partial charge is 0.393 e. The number of nitrogens with two attached hydrogens (primary N) is 1. The number of hydrogen-bond acceptors (Lipinski definition) is 9. The van der Waals surface area contributed by atoms with Crippen molar-refractivity contribution in [2.75, 3.05) is 6.61 Å². The second kappa shape index (κ2) is 2.82. The minimum atomic E-state index is -1.75. The normalized spacial score (nSPS) is 68.3. The standard InChI is InChI=1S/C11H15N3O6/c12-8-13-6-2-3-9(17,1-15)5-4(16)10(2,14-8)7(19-6)11(3,18)20-5/h2-7,15-18H,1H2,(H3,12,13,14)/t2-,3-,4-,5+,6+,7+,9+,10-,11+/m1/s1. The van der Waals surface area contributed by atoms with Crippen molar-refractivity contribution in [1.82, 2.24) is 5.32 Å². The van der Waals surface area contributed by atoms with E-state index in [1.165, 1.54) is 0 Å². The number of nitrogens with zero attached hydrogens (tertiary/aromatic N) is 1. The Morgan fingerprint density at radius 3 is 2.85 bits per heavy atom. The van der Waals surface area contributed by atoms with Crippen LogP contribution < -0.4 is 11.1 Å². The number of nitrogens with one attached hydrogen (secondary N) is 1. The smallest absolute Gasteiger partial charge is 0.201 e. The van der Waals surface area contributed by atoms with Crippen LogP contribution in [0.1, 0.15) is 0 Å². The van der Waals surface area contributed by atoms with Crippen molar-refractivity contribution >= 4 is 5.96 Å². The molecule has 4 aliphatic heterocycles. The van der Waals surface area contributed by atoms with Gasteiger partial charge in [-0.1, -0.05) is 0 Å². The zero-order valence-electron chi connectivity index (χ0n) is 10.3. The van der Waals surface area contributed by atoms with Gasteiger partial charge in [-0.3, -0.25) is 0 Å². The van der Waals surface area contributed by atoms with Crippen molar-refractivity contribution in [2.24, 2.45) is 22.6 Å². The predicted octanol–water partition coefficient (Wildman–Crippen LogP) is -4.20.